The summed E-state index contributed by atoms with van der Waals surface area (Å²) in [5.41, 5.74) is 2.15. The summed E-state index contributed by atoms with van der Waals surface area (Å²) in [6.45, 7) is 7.86. The van der Waals surface area contributed by atoms with Gasteiger partial charge in [-0.3, -0.25) is 4.79 Å². The van der Waals surface area contributed by atoms with Gasteiger partial charge in [0.25, 0.3) is 0 Å². The number of rotatable bonds is 4. The summed E-state index contributed by atoms with van der Waals surface area (Å²) in [4.78, 5) is 18.9. The van der Waals surface area contributed by atoms with E-state index in [1.165, 1.54) is 0 Å². The van der Waals surface area contributed by atoms with E-state index in [2.05, 4.69) is 30.6 Å². The predicted molar refractivity (Wildman–Crippen MR) is 85.0 cm³/mol. The van der Waals surface area contributed by atoms with Crippen LogP contribution in [0.15, 0.2) is 48.4 Å². The number of nitrogens with zero attached hydrogens (tertiary/aromatic N) is 2. The maximum absolute atomic E-state index is 12.4. The van der Waals surface area contributed by atoms with Crippen LogP contribution in [0.25, 0.3) is 0 Å². The first-order chi connectivity index (χ1) is 10.1. The zero-order chi connectivity index (χ0) is 15.0. The summed E-state index contributed by atoms with van der Waals surface area (Å²) in [6, 6.07) is 10.2. The lowest BCUT2D eigenvalue weighted by Gasteiger charge is -2.48. The Morgan fingerprint density at radius 1 is 1.38 bits per heavy atom. The molecule has 1 aromatic heterocycles. The molecule has 0 N–H and O–H groups in total. The molecule has 0 bridgehead atoms. The van der Waals surface area contributed by atoms with Gasteiger partial charge in [-0.25, -0.2) is 4.98 Å². The topological polar surface area (TPSA) is 33.2 Å². The molecule has 2 heterocycles. The Balaban J connectivity index is 1.93. The molecular formula is C17H18N2OS. The van der Waals surface area contributed by atoms with Crippen LogP contribution in [-0.2, 0) is 4.79 Å². The summed E-state index contributed by atoms with van der Waals surface area (Å²) in [7, 11) is 0. The quantitative estimate of drug-likeness (QED) is 0.633. The molecule has 1 fully saturated rings. The largest absolute Gasteiger partial charge is 0.325 e. The van der Waals surface area contributed by atoms with Crippen molar-refractivity contribution < 1.29 is 4.79 Å². The lowest BCUT2D eigenvalue weighted by molar-refractivity contribution is -0.157. The molecule has 3 atom stereocenters. The van der Waals surface area contributed by atoms with Gasteiger partial charge in [-0.15, -0.1) is 17.9 Å². The van der Waals surface area contributed by atoms with Crippen LogP contribution in [0.4, 0.5) is 0 Å². The van der Waals surface area contributed by atoms with Crippen molar-refractivity contribution in [2.75, 3.05) is 0 Å². The van der Waals surface area contributed by atoms with Gasteiger partial charge in [0, 0.05) is 11.1 Å². The smallest absolute Gasteiger partial charge is 0.233 e. The standard InChI is InChI=1S/C17H18N2OS/c1-4-14-15(16-18-11(2)10-21-16)19(17(14)20)12(3)13-8-6-5-7-9-13/h4-10,12,14-15H,1H2,2-3H3/t12-,14+,15-/m1/s1. The fraction of sp³-hybridized carbons (Fsp3) is 0.294. The van der Waals surface area contributed by atoms with Crippen LogP contribution in [0.1, 0.15) is 35.3 Å². The van der Waals surface area contributed by atoms with Gasteiger partial charge < -0.3 is 4.90 Å². The number of hydrogen-bond donors (Lipinski definition) is 0. The van der Waals surface area contributed by atoms with Gasteiger partial charge in [0.15, 0.2) is 0 Å². The number of β-lactam (4-membered cyclic amide) rings is 1. The Kier molecular flexibility index (Phi) is 3.64. The van der Waals surface area contributed by atoms with Crippen molar-refractivity contribution in [3.63, 3.8) is 0 Å². The number of benzene rings is 1. The van der Waals surface area contributed by atoms with Gasteiger partial charge >= 0.3 is 0 Å². The number of carbonyl (C=O) groups is 1. The van der Waals surface area contributed by atoms with Gasteiger partial charge in [-0.1, -0.05) is 36.4 Å². The maximum atomic E-state index is 12.4. The minimum atomic E-state index is -0.151. The highest BCUT2D eigenvalue weighted by Gasteiger charge is 2.49. The molecule has 1 aliphatic rings. The van der Waals surface area contributed by atoms with Crippen molar-refractivity contribution in [1.29, 1.82) is 0 Å². The van der Waals surface area contributed by atoms with Crippen LogP contribution < -0.4 is 0 Å². The minimum absolute atomic E-state index is 0.0175. The Labute approximate surface area is 128 Å². The molecule has 3 rings (SSSR count). The molecule has 1 amide bonds. The molecule has 1 saturated heterocycles. The highest BCUT2D eigenvalue weighted by atomic mass is 32.1. The van der Waals surface area contributed by atoms with E-state index in [0.717, 1.165) is 16.3 Å². The van der Waals surface area contributed by atoms with Crippen LogP contribution in [0.5, 0.6) is 0 Å². The van der Waals surface area contributed by atoms with Crippen molar-refractivity contribution in [2.45, 2.75) is 25.9 Å². The molecule has 0 radical (unpaired) electrons. The number of likely N-dealkylation sites (tertiary alicyclic amines) is 1. The van der Waals surface area contributed by atoms with Crippen LogP contribution in [0.2, 0.25) is 0 Å². The zero-order valence-electron chi connectivity index (χ0n) is 12.2. The second-order valence-corrected chi connectivity index (χ2v) is 6.26. The van der Waals surface area contributed by atoms with Gasteiger partial charge in [0.05, 0.1) is 18.0 Å². The van der Waals surface area contributed by atoms with Crippen LogP contribution in [-0.4, -0.2) is 15.8 Å². The first-order valence-electron chi connectivity index (χ1n) is 7.05. The Morgan fingerprint density at radius 2 is 2.10 bits per heavy atom. The number of hydrogen-bond acceptors (Lipinski definition) is 3. The SMILES string of the molecule is C=C[C@@H]1C(=O)N([C@H](C)c2ccccc2)[C@H]1c1nc(C)cs1. The third-order valence-corrected chi connectivity index (χ3v) is 5.06. The highest BCUT2D eigenvalue weighted by molar-refractivity contribution is 7.09. The van der Waals surface area contributed by atoms with Crippen molar-refractivity contribution in [3.8, 4) is 0 Å². The van der Waals surface area contributed by atoms with E-state index >= 15 is 0 Å². The molecule has 1 aliphatic heterocycles. The highest BCUT2D eigenvalue weighted by Crippen LogP contribution is 2.46. The van der Waals surface area contributed by atoms with E-state index < -0.39 is 0 Å². The summed E-state index contributed by atoms with van der Waals surface area (Å²) < 4.78 is 0. The normalized spacial score (nSPS) is 22.8. The molecule has 108 valence electrons. The molecule has 0 aliphatic carbocycles. The van der Waals surface area contributed by atoms with Gasteiger partial charge in [0.2, 0.25) is 5.91 Å². The summed E-state index contributed by atoms with van der Waals surface area (Å²) >= 11 is 1.62. The van der Waals surface area contributed by atoms with E-state index in [0.29, 0.717) is 0 Å². The Hall–Kier alpha value is -1.94. The summed E-state index contributed by atoms with van der Waals surface area (Å²) in [6.07, 6.45) is 1.75. The van der Waals surface area contributed by atoms with E-state index in [9.17, 15) is 4.79 Å². The lowest BCUT2D eigenvalue weighted by Crippen LogP contribution is -2.54. The van der Waals surface area contributed by atoms with Crippen molar-refractivity contribution in [2.24, 2.45) is 5.92 Å². The second kappa shape index (κ2) is 5.45. The number of aryl methyl sites for hydroxylation is 1. The molecule has 2 aromatic rings. The van der Waals surface area contributed by atoms with E-state index in [4.69, 9.17) is 0 Å². The zero-order valence-corrected chi connectivity index (χ0v) is 13.0. The number of thiazole rings is 1. The number of carbonyl (C=O) groups excluding carboxylic acids is 1. The third kappa shape index (κ3) is 2.29. The fourth-order valence-corrected chi connectivity index (χ4v) is 3.81. The monoisotopic (exact) mass is 298 g/mol. The maximum Gasteiger partial charge on any atom is 0.233 e. The predicted octanol–water partition coefficient (Wildman–Crippen LogP) is 3.90. The molecule has 1 aromatic carbocycles. The van der Waals surface area contributed by atoms with E-state index in [-0.39, 0.29) is 23.9 Å². The Bertz CT molecular complexity index is 664. The molecule has 21 heavy (non-hydrogen) atoms. The molecule has 3 nitrogen and oxygen atoms in total. The molecule has 0 saturated carbocycles. The average Bonchev–Trinajstić information content (AvgIpc) is 2.91. The molecule has 0 unspecified atom stereocenters. The number of amides is 1. The van der Waals surface area contributed by atoms with Crippen LogP contribution in [0.3, 0.4) is 0 Å². The lowest BCUT2D eigenvalue weighted by atomic mass is 9.85. The van der Waals surface area contributed by atoms with Crippen LogP contribution in [0, 0.1) is 12.8 Å². The molecule has 0 spiro atoms. The Morgan fingerprint density at radius 3 is 2.67 bits per heavy atom. The van der Waals surface area contributed by atoms with Crippen LogP contribution >= 0.6 is 11.3 Å². The fourth-order valence-electron chi connectivity index (χ4n) is 2.87. The second-order valence-electron chi connectivity index (χ2n) is 5.37. The first-order valence-corrected chi connectivity index (χ1v) is 7.93. The molecular weight excluding hydrogens is 280 g/mol. The van der Waals surface area contributed by atoms with E-state index in [1.54, 1.807) is 17.4 Å². The van der Waals surface area contributed by atoms with Gasteiger partial charge in [0.1, 0.15) is 5.01 Å². The third-order valence-electron chi connectivity index (χ3n) is 4.02. The average molecular weight is 298 g/mol. The van der Waals surface area contributed by atoms with Crippen molar-refractivity contribution in [3.05, 3.63) is 64.6 Å². The minimum Gasteiger partial charge on any atom is -0.325 e. The van der Waals surface area contributed by atoms with Crippen molar-refractivity contribution >= 4 is 17.2 Å². The molecule has 4 heteroatoms. The van der Waals surface area contributed by atoms with Crippen molar-refractivity contribution in [1.82, 2.24) is 9.88 Å². The summed E-state index contributed by atoms with van der Waals surface area (Å²) in [5.74, 6) is -0.0130. The van der Waals surface area contributed by atoms with E-state index in [1.807, 2.05) is 35.4 Å². The van der Waals surface area contributed by atoms with Gasteiger partial charge in [-0.2, -0.15) is 0 Å². The van der Waals surface area contributed by atoms with Gasteiger partial charge in [-0.05, 0) is 19.4 Å². The number of aromatic nitrogens is 1. The first kappa shape index (κ1) is 14.0. The summed E-state index contributed by atoms with van der Waals surface area (Å²) in [5, 5.41) is 3.03.